The topological polar surface area (TPSA) is 72.2 Å². The first-order valence-electron chi connectivity index (χ1n) is 6.08. The first-order valence-corrected chi connectivity index (χ1v) is 8.80. The van der Waals surface area contributed by atoms with Crippen molar-refractivity contribution in [2.24, 2.45) is 5.14 Å². The summed E-state index contributed by atoms with van der Waals surface area (Å²) in [7, 11) is -3.70. The van der Waals surface area contributed by atoms with Crippen LogP contribution in [0.25, 0.3) is 0 Å². The summed E-state index contributed by atoms with van der Waals surface area (Å²) in [5.41, 5.74) is 2.65. The number of halogens is 2. The molecule has 0 heterocycles. The maximum Gasteiger partial charge on any atom is 0.238 e. The molecule has 4 nitrogen and oxygen atoms in total. The van der Waals surface area contributed by atoms with E-state index in [1.165, 1.54) is 12.1 Å². The molecule has 0 spiro atoms. The maximum atomic E-state index is 11.4. The van der Waals surface area contributed by atoms with Crippen LogP contribution in [0.15, 0.2) is 45.8 Å². The van der Waals surface area contributed by atoms with Crippen LogP contribution in [0.2, 0.25) is 5.02 Å². The van der Waals surface area contributed by atoms with Crippen molar-refractivity contribution >= 4 is 43.2 Å². The molecule has 112 valence electrons. The van der Waals surface area contributed by atoms with Crippen molar-refractivity contribution < 1.29 is 8.42 Å². The average Bonchev–Trinajstić information content (AvgIpc) is 2.40. The Morgan fingerprint density at radius 1 is 1.24 bits per heavy atom. The van der Waals surface area contributed by atoms with Crippen LogP contribution in [0.3, 0.4) is 0 Å². The number of sulfonamides is 1. The van der Waals surface area contributed by atoms with Crippen LogP contribution in [0.4, 0.5) is 5.69 Å². The van der Waals surface area contributed by atoms with Crippen LogP contribution in [-0.2, 0) is 16.6 Å². The van der Waals surface area contributed by atoms with Crippen LogP contribution in [-0.4, -0.2) is 8.42 Å². The van der Waals surface area contributed by atoms with Crippen molar-refractivity contribution in [3.8, 4) is 0 Å². The van der Waals surface area contributed by atoms with Crippen LogP contribution < -0.4 is 10.5 Å². The van der Waals surface area contributed by atoms with Gasteiger partial charge in [-0.05, 0) is 58.2 Å². The molecule has 0 bridgehead atoms. The van der Waals surface area contributed by atoms with E-state index in [0.717, 1.165) is 21.3 Å². The number of aryl methyl sites for hydroxylation is 1. The third kappa shape index (κ3) is 4.20. The lowest BCUT2D eigenvalue weighted by Crippen LogP contribution is -2.13. The van der Waals surface area contributed by atoms with E-state index in [0.29, 0.717) is 11.6 Å². The molecule has 0 aromatic heterocycles. The Morgan fingerprint density at radius 3 is 2.57 bits per heavy atom. The van der Waals surface area contributed by atoms with Gasteiger partial charge in [0.05, 0.1) is 9.92 Å². The molecule has 0 saturated heterocycles. The summed E-state index contributed by atoms with van der Waals surface area (Å²) in [4.78, 5) is 0.0874. The Labute approximate surface area is 137 Å². The SMILES string of the molecule is Cc1ccc(S(N)(=O)=O)cc1NCc1ccc(Br)c(Cl)c1. The Hall–Kier alpha value is -1.08. The quantitative estimate of drug-likeness (QED) is 0.838. The molecular formula is C14H14BrClN2O2S. The molecule has 2 aromatic rings. The van der Waals surface area contributed by atoms with E-state index in [9.17, 15) is 8.42 Å². The third-order valence-corrected chi connectivity index (χ3v) is 5.15. The summed E-state index contributed by atoms with van der Waals surface area (Å²) in [6.45, 7) is 2.42. The minimum Gasteiger partial charge on any atom is -0.381 e. The third-order valence-electron chi connectivity index (χ3n) is 3.00. The van der Waals surface area contributed by atoms with E-state index in [2.05, 4.69) is 21.2 Å². The normalized spacial score (nSPS) is 11.4. The maximum absolute atomic E-state index is 11.4. The van der Waals surface area contributed by atoms with Crippen molar-refractivity contribution in [1.82, 2.24) is 0 Å². The summed E-state index contributed by atoms with van der Waals surface area (Å²) >= 11 is 9.38. The van der Waals surface area contributed by atoms with Crippen LogP contribution in [0, 0.1) is 6.92 Å². The van der Waals surface area contributed by atoms with Gasteiger partial charge in [-0.3, -0.25) is 0 Å². The molecule has 7 heteroatoms. The predicted octanol–water partition coefficient (Wildman–Crippen LogP) is 3.67. The summed E-state index contributed by atoms with van der Waals surface area (Å²) in [6.07, 6.45) is 0. The Bertz CT molecular complexity index is 779. The van der Waals surface area contributed by atoms with Gasteiger partial charge in [0.2, 0.25) is 10.0 Å². The van der Waals surface area contributed by atoms with Gasteiger partial charge in [-0.15, -0.1) is 0 Å². The Balaban J connectivity index is 2.21. The first-order chi connectivity index (χ1) is 9.77. The van der Waals surface area contributed by atoms with E-state index < -0.39 is 10.0 Å². The van der Waals surface area contributed by atoms with Crippen LogP contribution >= 0.6 is 27.5 Å². The monoisotopic (exact) mass is 388 g/mol. The van der Waals surface area contributed by atoms with Gasteiger partial charge in [-0.1, -0.05) is 23.7 Å². The molecular weight excluding hydrogens is 376 g/mol. The minimum atomic E-state index is -3.70. The summed E-state index contributed by atoms with van der Waals surface area (Å²) in [6, 6.07) is 10.4. The second-order valence-corrected chi connectivity index (χ2v) is 7.45. The van der Waals surface area contributed by atoms with Crippen molar-refractivity contribution in [2.45, 2.75) is 18.4 Å². The number of benzene rings is 2. The molecule has 3 N–H and O–H groups in total. The zero-order valence-electron chi connectivity index (χ0n) is 11.2. The number of anilines is 1. The number of hydrogen-bond donors (Lipinski definition) is 2. The number of nitrogens with one attached hydrogen (secondary N) is 1. The molecule has 0 unspecified atom stereocenters. The fraction of sp³-hybridized carbons (Fsp3) is 0.143. The van der Waals surface area contributed by atoms with Crippen molar-refractivity contribution in [3.63, 3.8) is 0 Å². The van der Waals surface area contributed by atoms with E-state index in [1.54, 1.807) is 6.07 Å². The lowest BCUT2D eigenvalue weighted by atomic mass is 10.2. The second-order valence-electron chi connectivity index (χ2n) is 4.62. The molecule has 2 rings (SSSR count). The summed E-state index contributed by atoms with van der Waals surface area (Å²) in [5.74, 6) is 0. The largest absolute Gasteiger partial charge is 0.381 e. The summed E-state index contributed by atoms with van der Waals surface area (Å²) < 4.78 is 23.6. The highest BCUT2D eigenvalue weighted by atomic mass is 79.9. The van der Waals surface area contributed by atoms with E-state index >= 15 is 0 Å². The van der Waals surface area contributed by atoms with Gasteiger partial charge in [0.1, 0.15) is 0 Å². The predicted molar refractivity (Wildman–Crippen MR) is 89.0 cm³/mol. The van der Waals surface area contributed by atoms with Gasteiger partial charge < -0.3 is 5.32 Å². The smallest absolute Gasteiger partial charge is 0.238 e. The molecule has 2 aromatic carbocycles. The average molecular weight is 390 g/mol. The Morgan fingerprint density at radius 2 is 1.95 bits per heavy atom. The number of primary sulfonamides is 1. The number of hydrogen-bond acceptors (Lipinski definition) is 3. The molecule has 0 aliphatic heterocycles. The highest BCUT2D eigenvalue weighted by Crippen LogP contribution is 2.24. The Kier molecular flexibility index (Phi) is 4.93. The molecule has 0 saturated carbocycles. The number of rotatable bonds is 4. The van der Waals surface area contributed by atoms with Gasteiger partial charge in [0, 0.05) is 16.7 Å². The second kappa shape index (κ2) is 6.36. The lowest BCUT2D eigenvalue weighted by Gasteiger charge is -2.11. The molecule has 21 heavy (non-hydrogen) atoms. The number of nitrogens with two attached hydrogens (primary N) is 1. The van der Waals surface area contributed by atoms with Gasteiger partial charge >= 0.3 is 0 Å². The van der Waals surface area contributed by atoms with E-state index in [4.69, 9.17) is 16.7 Å². The zero-order chi connectivity index (χ0) is 15.6. The fourth-order valence-electron chi connectivity index (χ4n) is 1.82. The highest BCUT2D eigenvalue weighted by molar-refractivity contribution is 9.10. The van der Waals surface area contributed by atoms with Crippen molar-refractivity contribution in [1.29, 1.82) is 0 Å². The molecule has 0 aliphatic rings. The van der Waals surface area contributed by atoms with Gasteiger partial charge in [-0.2, -0.15) is 0 Å². The zero-order valence-corrected chi connectivity index (χ0v) is 14.4. The van der Waals surface area contributed by atoms with Crippen molar-refractivity contribution in [3.05, 3.63) is 57.0 Å². The highest BCUT2D eigenvalue weighted by Gasteiger charge is 2.10. The molecule has 0 fully saturated rings. The first kappa shape index (κ1) is 16.3. The summed E-state index contributed by atoms with van der Waals surface area (Å²) in [5, 5.41) is 8.96. The minimum absolute atomic E-state index is 0.0874. The lowest BCUT2D eigenvalue weighted by molar-refractivity contribution is 0.598. The standard InChI is InChI=1S/C14H14BrClN2O2S/c1-9-2-4-11(21(17,19)20)7-14(9)18-8-10-3-5-12(15)13(16)6-10/h2-7,18H,8H2,1H3,(H2,17,19,20). The van der Waals surface area contributed by atoms with Crippen LogP contribution in [0.5, 0.6) is 0 Å². The molecule has 0 radical (unpaired) electrons. The fourth-order valence-corrected chi connectivity index (χ4v) is 2.81. The van der Waals surface area contributed by atoms with E-state index in [-0.39, 0.29) is 4.90 Å². The molecule has 0 amide bonds. The van der Waals surface area contributed by atoms with Crippen LogP contribution in [0.1, 0.15) is 11.1 Å². The van der Waals surface area contributed by atoms with Crippen molar-refractivity contribution in [2.75, 3.05) is 5.32 Å². The van der Waals surface area contributed by atoms with Gasteiger partial charge in [0.15, 0.2) is 0 Å². The van der Waals surface area contributed by atoms with Gasteiger partial charge in [0.25, 0.3) is 0 Å². The molecule has 0 aliphatic carbocycles. The van der Waals surface area contributed by atoms with Gasteiger partial charge in [-0.25, -0.2) is 13.6 Å². The van der Waals surface area contributed by atoms with E-state index in [1.807, 2.05) is 25.1 Å². The molecule has 0 atom stereocenters.